The average Bonchev–Trinajstić information content (AvgIpc) is 3.16. The van der Waals surface area contributed by atoms with E-state index in [9.17, 15) is 4.79 Å². The summed E-state index contributed by atoms with van der Waals surface area (Å²) < 4.78 is 0. The summed E-state index contributed by atoms with van der Waals surface area (Å²) in [6, 6.07) is 10.8. The Morgan fingerprint density at radius 3 is 2.75 bits per heavy atom. The number of carbonyl (C=O) groups excluding carboxylic acids is 1. The zero-order valence-electron chi connectivity index (χ0n) is 14.0. The first-order valence-electron chi connectivity index (χ1n) is 8.55. The minimum absolute atomic E-state index is 0.0803. The van der Waals surface area contributed by atoms with Crippen LogP contribution in [0, 0.1) is 12.8 Å². The lowest BCUT2D eigenvalue weighted by molar-refractivity contribution is 0.102. The predicted molar refractivity (Wildman–Crippen MR) is 97.9 cm³/mol. The highest BCUT2D eigenvalue weighted by Gasteiger charge is 2.41. The molecule has 1 aromatic carbocycles. The molecule has 0 unspecified atom stereocenters. The third-order valence-corrected chi connectivity index (χ3v) is 6.20. The lowest BCUT2D eigenvalue weighted by Crippen LogP contribution is -2.27. The predicted octanol–water partition coefficient (Wildman–Crippen LogP) is 4.76. The molecule has 2 aromatic rings. The largest absolute Gasteiger partial charge is 0.294 e. The van der Waals surface area contributed by atoms with Crippen LogP contribution in [0.2, 0.25) is 0 Å². The van der Waals surface area contributed by atoms with Crippen LogP contribution in [0.15, 0.2) is 35.4 Å². The van der Waals surface area contributed by atoms with E-state index in [1.165, 1.54) is 41.9 Å². The Kier molecular flexibility index (Phi) is 3.96. The number of hydrogen-bond acceptors (Lipinski definition) is 5. The zero-order chi connectivity index (χ0) is 16.7. The highest BCUT2D eigenvalue weighted by Crippen LogP contribution is 2.45. The zero-order valence-corrected chi connectivity index (χ0v) is 14.8. The van der Waals surface area contributed by atoms with Crippen molar-refractivity contribution in [1.82, 2.24) is 4.98 Å². The van der Waals surface area contributed by atoms with E-state index in [-0.39, 0.29) is 11.8 Å². The van der Waals surface area contributed by atoms with Crippen molar-refractivity contribution in [3.8, 4) is 0 Å². The number of nitrogens with zero attached hydrogens (tertiary/aromatic N) is 3. The van der Waals surface area contributed by atoms with Gasteiger partial charge in [0.1, 0.15) is 0 Å². The van der Waals surface area contributed by atoms with Crippen molar-refractivity contribution in [2.45, 2.75) is 45.6 Å². The fourth-order valence-electron chi connectivity index (χ4n) is 3.85. The minimum Gasteiger partial charge on any atom is -0.294 e. The second-order valence-electron chi connectivity index (χ2n) is 6.61. The van der Waals surface area contributed by atoms with Gasteiger partial charge in [-0.05, 0) is 31.7 Å². The van der Waals surface area contributed by atoms with Gasteiger partial charge in [-0.2, -0.15) is 5.10 Å². The van der Waals surface area contributed by atoms with E-state index in [1.807, 2.05) is 13.0 Å². The Hall–Kier alpha value is -2.01. The molecule has 24 heavy (non-hydrogen) atoms. The van der Waals surface area contributed by atoms with Gasteiger partial charge in [0.05, 0.1) is 16.6 Å². The first-order chi connectivity index (χ1) is 11.6. The second-order valence-corrected chi connectivity index (χ2v) is 7.59. The van der Waals surface area contributed by atoms with Gasteiger partial charge < -0.3 is 0 Å². The molecule has 0 radical (unpaired) electrons. The summed E-state index contributed by atoms with van der Waals surface area (Å²) in [5, 5.41) is 7.85. The van der Waals surface area contributed by atoms with Crippen LogP contribution in [0.3, 0.4) is 0 Å². The molecule has 5 heteroatoms. The van der Waals surface area contributed by atoms with Crippen LogP contribution in [0.25, 0.3) is 0 Å². The molecule has 0 saturated heterocycles. The molecule has 1 fully saturated rings. The van der Waals surface area contributed by atoms with E-state index in [0.717, 1.165) is 22.1 Å². The summed E-state index contributed by atoms with van der Waals surface area (Å²) in [6.45, 7) is 3.51. The van der Waals surface area contributed by atoms with E-state index in [1.54, 1.807) is 6.92 Å². The maximum absolute atomic E-state index is 11.8. The molecule has 0 amide bonds. The van der Waals surface area contributed by atoms with Crippen molar-refractivity contribution in [3.63, 3.8) is 0 Å². The highest BCUT2D eigenvalue weighted by molar-refractivity contribution is 7.17. The Balaban J connectivity index is 1.78. The fourth-order valence-corrected chi connectivity index (χ4v) is 4.80. The third-order valence-electron chi connectivity index (χ3n) is 4.95. The number of thiazole rings is 1. The Morgan fingerprint density at radius 1 is 1.25 bits per heavy atom. The van der Waals surface area contributed by atoms with E-state index >= 15 is 0 Å². The minimum atomic E-state index is 0.0803. The van der Waals surface area contributed by atoms with Gasteiger partial charge in [-0.15, -0.1) is 0 Å². The molecule has 0 N–H and O–H groups in total. The Labute approximate surface area is 146 Å². The van der Waals surface area contributed by atoms with Gasteiger partial charge >= 0.3 is 0 Å². The van der Waals surface area contributed by atoms with E-state index in [4.69, 9.17) is 5.10 Å². The summed E-state index contributed by atoms with van der Waals surface area (Å²) in [5.41, 5.74) is 3.39. The molecule has 2 atom stereocenters. The van der Waals surface area contributed by atoms with E-state index < -0.39 is 0 Å². The molecule has 0 bridgehead atoms. The smallest absolute Gasteiger partial charge is 0.207 e. The molecule has 0 spiro atoms. The van der Waals surface area contributed by atoms with Crippen LogP contribution in [0.1, 0.15) is 59.6 Å². The van der Waals surface area contributed by atoms with Crippen LogP contribution >= 0.6 is 11.3 Å². The normalized spacial score (nSPS) is 23.1. The number of benzene rings is 1. The maximum atomic E-state index is 11.8. The van der Waals surface area contributed by atoms with Gasteiger partial charge in [0.25, 0.3) is 0 Å². The van der Waals surface area contributed by atoms with Crippen LogP contribution in [-0.2, 0) is 0 Å². The maximum Gasteiger partial charge on any atom is 0.207 e. The van der Waals surface area contributed by atoms with Crippen LogP contribution in [0.4, 0.5) is 5.13 Å². The SMILES string of the molecule is CC(=O)c1sc(N2N=C3CCCC[C@@H]3[C@H]2c2ccccc2)nc1C. The molecule has 1 aliphatic carbocycles. The van der Waals surface area contributed by atoms with Gasteiger partial charge in [0, 0.05) is 18.6 Å². The number of aryl methyl sites for hydroxylation is 1. The number of aromatic nitrogens is 1. The quantitative estimate of drug-likeness (QED) is 0.757. The summed E-state index contributed by atoms with van der Waals surface area (Å²) in [4.78, 5) is 17.2. The number of anilines is 1. The molecule has 1 aliphatic heterocycles. The van der Waals surface area contributed by atoms with E-state index in [0.29, 0.717) is 5.92 Å². The number of fused-ring (bicyclic) bond motifs is 1. The number of hydrazone groups is 1. The summed E-state index contributed by atoms with van der Waals surface area (Å²) in [6.07, 6.45) is 4.74. The van der Waals surface area contributed by atoms with Crippen molar-refractivity contribution < 1.29 is 4.79 Å². The number of ketones is 1. The summed E-state index contributed by atoms with van der Waals surface area (Å²) in [5.74, 6) is 0.544. The number of hydrogen-bond donors (Lipinski definition) is 0. The van der Waals surface area contributed by atoms with E-state index in [2.05, 4.69) is 34.3 Å². The summed E-state index contributed by atoms with van der Waals surface area (Å²) >= 11 is 1.47. The molecular weight excluding hydrogens is 318 g/mol. The first-order valence-corrected chi connectivity index (χ1v) is 9.36. The van der Waals surface area contributed by atoms with Crippen LogP contribution < -0.4 is 5.01 Å². The van der Waals surface area contributed by atoms with Crippen molar-refractivity contribution in [3.05, 3.63) is 46.5 Å². The molecule has 2 heterocycles. The molecule has 4 nitrogen and oxygen atoms in total. The molecular formula is C19H21N3OS. The topological polar surface area (TPSA) is 45.6 Å². The number of carbonyl (C=O) groups is 1. The molecule has 124 valence electrons. The van der Waals surface area contributed by atoms with Gasteiger partial charge in [-0.25, -0.2) is 9.99 Å². The Morgan fingerprint density at radius 2 is 2.04 bits per heavy atom. The van der Waals surface area contributed by atoms with Crippen molar-refractivity contribution in [2.75, 3.05) is 5.01 Å². The lowest BCUT2D eigenvalue weighted by atomic mass is 9.80. The summed E-state index contributed by atoms with van der Waals surface area (Å²) in [7, 11) is 0. The molecule has 2 aliphatic rings. The van der Waals surface area contributed by atoms with Crippen molar-refractivity contribution >= 4 is 28.0 Å². The van der Waals surface area contributed by atoms with Crippen LogP contribution in [0.5, 0.6) is 0 Å². The Bertz CT molecular complexity index is 796. The second kappa shape index (κ2) is 6.13. The van der Waals surface area contributed by atoms with Crippen molar-refractivity contribution in [2.24, 2.45) is 11.0 Å². The molecule has 1 aromatic heterocycles. The molecule has 4 rings (SSSR count). The first kappa shape index (κ1) is 15.5. The third kappa shape index (κ3) is 2.57. The highest BCUT2D eigenvalue weighted by atomic mass is 32.1. The number of Topliss-reactive ketones (excluding diaryl/α,β-unsaturated/α-hetero) is 1. The van der Waals surface area contributed by atoms with Crippen molar-refractivity contribution in [1.29, 1.82) is 0 Å². The fraction of sp³-hybridized carbons (Fsp3) is 0.421. The monoisotopic (exact) mass is 339 g/mol. The number of rotatable bonds is 3. The van der Waals surface area contributed by atoms with Crippen LogP contribution in [-0.4, -0.2) is 16.5 Å². The lowest BCUT2D eigenvalue weighted by Gasteiger charge is -2.28. The molecule has 1 saturated carbocycles. The standard InChI is InChI=1S/C19H21N3OS/c1-12-18(13(2)23)24-19(20-12)22-17(14-8-4-3-5-9-14)15-10-6-7-11-16(15)21-22/h3-5,8-9,15,17H,6-7,10-11H2,1-2H3/t15-,17+/m0/s1. The van der Waals surface area contributed by atoms with Gasteiger partial charge in [-0.1, -0.05) is 48.1 Å². The van der Waals surface area contributed by atoms with Gasteiger partial charge in [-0.3, -0.25) is 4.79 Å². The van der Waals surface area contributed by atoms with Gasteiger partial charge in [0.15, 0.2) is 5.78 Å². The van der Waals surface area contributed by atoms with Gasteiger partial charge in [0.2, 0.25) is 5.13 Å². The average molecular weight is 339 g/mol.